The highest BCUT2D eigenvalue weighted by Gasteiger charge is 2.36. The molecule has 0 bridgehead atoms. The summed E-state index contributed by atoms with van der Waals surface area (Å²) in [7, 11) is -1.18. The number of hydrogen-bond acceptors (Lipinski definition) is 1. The predicted octanol–water partition coefficient (Wildman–Crippen LogP) is 2.65. The molecule has 0 radical (unpaired) electrons. The summed E-state index contributed by atoms with van der Waals surface area (Å²) in [5.41, 5.74) is 0.544. The lowest BCUT2D eigenvalue weighted by molar-refractivity contribution is 0.147. The van der Waals surface area contributed by atoms with Crippen molar-refractivity contribution in [3.05, 3.63) is 12.2 Å². The Morgan fingerprint density at radius 3 is 2.25 bits per heavy atom. The zero-order valence-corrected chi connectivity index (χ0v) is 9.54. The normalized spacial score (nSPS) is 36.9. The van der Waals surface area contributed by atoms with Crippen LogP contribution in [-0.4, -0.2) is 19.3 Å². The molecule has 0 aromatic rings. The molecule has 1 nitrogen and oxygen atoms in total. The molecule has 2 heteroatoms. The van der Waals surface area contributed by atoms with Crippen LogP contribution in [0.4, 0.5) is 0 Å². The van der Waals surface area contributed by atoms with Crippen LogP contribution in [0.25, 0.3) is 0 Å². The van der Waals surface area contributed by atoms with Gasteiger partial charge in [0.15, 0.2) is 0 Å². The van der Waals surface area contributed by atoms with Gasteiger partial charge in [-0.15, -0.1) is 0 Å². The van der Waals surface area contributed by atoms with Crippen LogP contribution in [0, 0.1) is 5.92 Å². The lowest BCUT2D eigenvalue weighted by Crippen LogP contribution is -2.40. The SMILES string of the molecule is C[C@@H]1C=CC[C@H](O)[C@H]1[Si](C)(C)C. The molecule has 0 heterocycles. The molecule has 1 aliphatic rings. The van der Waals surface area contributed by atoms with Crippen molar-refractivity contribution in [1.82, 2.24) is 0 Å². The van der Waals surface area contributed by atoms with Gasteiger partial charge in [0.25, 0.3) is 0 Å². The maximum Gasteiger partial charge on any atom is 0.0584 e. The summed E-state index contributed by atoms with van der Waals surface area (Å²) < 4.78 is 0. The summed E-state index contributed by atoms with van der Waals surface area (Å²) in [5, 5.41) is 9.86. The Morgan fingerprint density at radius 2 is 1.92 bits per heavy atom. The summed E-state index contributed by atoms with van der Waals surface area (Å²) in [4.78, 5) is 0. The minimum absolute atomic E-state index is 0.0864. The fraction of sp³-hybridized carbons (Fsp3) is 0.800. The van der Waals surface area contributed by atoms with Gasteiger partial charge in [-0.25, -0.2) is 0 Å². The van der Waals surface area contributed by atoms with Crippen molar-refractivity contribution in [3.63, 3.8) is 0 Å². The van der Waals surface area contributed by atoms with Gasteiger partial charge in [-0.3, -0.25) is 0 Å². The van der Waals surface area contributed by atoms with Crippen molar-refractivity contribution in [1.29, 1.82) is 0 Å². The van der Waals surface area contributed by atoms with Crippen molar-refractivity contribution in [3.8, 4) is 0 Å². The first-order valence-electron chi connectivity index (χ1n) is 4.77. The van der Waals surface area contributed by atoms with Gasteiger partial charge in [0.1, 0.15) is 0 Å². The average molecular weight is 184 g/mol. The number of hydrogen-bond donors (Lipinski definition) is 1. The molecule has 0 aromatic heterocycles. The van der Waals surface area contributed by atoms with Crippen LogP contribution in [0.2, 0.25) is 25.2 Å². The highest BCUT2D eigenvalue weighted by Crippen LogP contribution is 2.38. The van der Waals surface area contributed by atoms with Crippen molar-refractivity contribution < 1.29 is 5.11 Å². The first-order valence-corrected chi connectivity index (χ1v) is 8.35. The van der Waals surface area contributed by atoms with E-state index in [2.05, 4.69) is 38.7 Å². The van der Waals surface area contributed by atoms with Crippen LogP contribution in [0.3, 0.4) is 0 Å². The summed E-state index contributed by atoms with van der Waals surface area (Å²) in [5.74, 6) is 0.570. The number of aliphatic hydroxyl groups is 1. The second-order valence-corrected chi connectivity index (χ2v) is 10.4. The molecule has 0 saturated heterocycles. The van der Waals surface area contributed by atoms with Crippen LogP contribution in [0.15, 0.2) is 12.2 Å². The largest absolute Gasteiger partial charge is 0.393 e. The molecule has 1 N–H and O–H groups in total. The zero-order chi connectivity index (χ0) is 9.35. The van der Waals surface area contributed by atoms with E-state index in [9.17, 15) is 5.11 Å². The van der Waals surface area contributed by atoms with Crippen LogP contribution in [0.5, 0.6) is 0 Å². The molecule has 1 aliphatic carbocycles. The van der Waals surface area contributed by atoms with Crippen molar-refractivity contribution in [2.75, 3.05) is 0 Å². The Bertz CT molecular complexity index is 181. The van der Waals surface area contributed by atoms with E-state index < -0.39 is 8.07 Å². The number of rotatable bonds is 1. The van der Waals surface area contributed by atoms with Crippen molar-refractivity contribution in [2.45, 2.75) is 44.6 Å². The monoisotopic (exact) mass is 184 g/mol. The maximum atomic E-state index is 9.86. The molecule has 0 fully saturated rings. The van der Waals surface area contributed by atoms with Gasteiger partial charge in [0.05, 0.1) is 14.2 Å². The van der Waals surface area contributed by atoms with Gasteiger partial charge in [0, 0.05) is 0 Å². The first-order chi connectivity index (χ1) is 5.43. The van der Waals surface area contributed by atoms with Gasteiger partial charge in [-0.05, 0) is 17.9 Å². The van der Waals surface area contributed by atoms with Gasteiger partial charge >= 0.3 is 0 Å². The molecule has 0 spiro atoms. The summed E-state index contributed by atoms with van der Waals surface area (Å²) in [6.45, 7) is 9.26. The Morgan fingerprint density at radius 1 is 1.33 bits per heavy atom. The molecule has 0 aromatic carbocycles. The van der Waals surface area contributed by atoms with Gasteiger partial charge in [-0.1, -0.05) is 38.7 Å². The Balaban J connectivity index is 2.80. The quantitative estimate of drug-likeness (QED) is 0.491. The standard InChI is InChI=1S/C10H20OSi/c1-8-6-5-7-9(11)10(8)12(2,3)4/h5-6,8-11H,7H2,1-4H3/t8-,9+,10+/m1/s1. The van der Waals surface area contributed by atoms with E-state index in [1.807, 2.05) is 0 Å². The van der Waals surface area contributed by atoms with E-state index in [0.29, 0.717) is 11.5 Å². The lowest BCUT2D eigenvalue weighted by Gasteiger charge is -2.38. The van der Waals surface area contributed by atoms with Crippen molar-refractivity contribution in [2.24, 2.45) is 5.92 Å². The fourth-order valence-corrected chi connectivity index (χ4v) is 5.39. The Kier molecular flexibility index (Phi) is 2.79. The van der Waals surface area contributed by atoms with Crippen molar-refractivity contribution >= 4 is 8.07 Å². The molecule has 1 rings (SSSR count). The molecule has 0 unspecified atom stereocenters. The highest BCUT2D eigenvalue weighted by molar-refractivity contribution is 6.77. The third kappa shape index (κ3) is 1.99. The zero-order valence-electron chi connectivity index (χ0n) is 8.54. The summed E-state index contributed by atoms with van der Waals surface area (Å²) in [6, 6.07) is 0. The third-order valence-electron chi connectivity index (χ3n) is 2.80. The maximum absolute atomic E-state index is 9.86. The predicted molar refractivity (Wildman–Crippen MR) is 56.0 cm³/mol. The molecule has 3 atom stereocenters. The van der Waals surface area contributed by atoms with Gasteiger partial charge in [0.2, 0.25) is 0 Å². The van der Waals surface area contributed by atoms with E-state index in [1.54, 1.807) is 0 Å². The Hall–Kier alpha value is -0.0831. The van der Waals surface area contributed by atoms with E-state index in [1.165, 1.54) is 0 Å². The lowest BCUT2D eigenvalue weighted by atomic mass is 9.94. The van der Waals surface area contributed by atoms with Crippen LogP contribution in [-0.2, 0) is 0 Å². The van der Waals surface area contributed by atoms with Gasteiger partial charge < -0.3 is 5.11 Å². The fourth-order valence-electron chi connectivity index (χ4n) is 2.42. The summed E-state index contributed by atoms with van der Waals surface area (Å²) >= 11 is 0. The molecule has 12 heavy (non-hydrogen) atoms. The van der Waals surface area contributed by atoms with E-state index >= 15 is 0 Å². The minimum atomic E-state index is -1.18. The minimum Gasteiger partial charge on any atom is -0.393 e. The van der Waals surface area contributed by atoms with E-state index in [-0.39, 0.29) is 6.10 Å². The second-order valence-electron chi connectivity index (χ2n) is 4.98. The topological polar surface area (TPSA) is 20.2 Å². The number of allylic oxidation sites excluding steroid dienone is 1. The van der Waals surface area contributed by atoms with Gasteiger partial charge in [-0.2, -0.15) is 0 Å². The van der Waals surface area contributed by atoms with Crippen LogP contribution < -0.4 is 0 Å². The molecule has 0 amide bonds. The third-order valence-corrected chi connectivity index (χ3v) is 5.71. The number of aliphatic hydroxyl groups excluding tert-OH is 1. The average Bonchev–Trinajstić information content (AvgIpc) is 1.82. The summed E-state index contributed by atoms with van der Waals surface area (Å²) in [6.07, 6.45) is 5.15. The van der Waals surface area contributed by atoms with Crippen LogP contribution >= 0.6 is 0 Å². The van der Waals surface area contributed by atoms with Crippen LogP contribution in [0.1, 0.15) is 13.3 Å². The molecular formula is C10H20OSi. The first kappa shape index (κ1) is 10.0. The molecular weight excluding hydrogens is 164 g/mol. The molecule has 70 valence electrons. The van der Waals surface area contributed by atoms with E-state index in [0.717, 1.165) is 6.42 Å². The highest BCUT2D eigenvalue weighted by atomic mass is 28.3. The molecule has 0 aliphatic heterocycles. The molecule has 0 saturated carbocycles. The van der Waals surface area contributed by atoms with E-state index in [4.69, 9.17) is 0 Å². The Labute approximate surface area is 76.5 Å². The second kappa shape index (κ2) is 3.34. The smallest absolute Gasteiger partial charge is 0.0584 e.